The standard InChI is InChI=1S/C10H18O2S2/c1-3-11-9(13)7-5-6-8-10(14)12-4-2/h3-8H2,1-2H3. The summed E-state index contributed by atoms with van der Waals surface area (Å²) in [5, 5.41) is 1.41. The van der Waals surface area contributed by atoms with Gasteiger partial charge in [-0.15, -0.1) is 0 Å². The predicted molar refractivity (Wildman–Crippen MR) is 66.9 cm³/mol. The maximum Gasteiger partial charge on any atom is 0.159 e. The van der Waals surface area contributed by atoms with Crippen molar-refractivity contribution in [2.45, 2.75) is 39.5 Å². The third kappa shape index (κ3) is 8.38. The molecule has 0 aliphatic rings. The highest BCUT2D eigenvalue weighted by atomic mass is 32.1. The van der Waals surface area contributed by atoms with Crippen LogP contribution in [0.2, 0.25) is 0 Å². The second kappa shape index (κ2) is 9.34. The van der Waals surface area contributed by atoms with Crippen LogP contribution in [-0.2, 0) is 9.47 Å². The zero-order valence-corrected chi connectivity index (χ0v) is 10.5. The minimum atomic E-state index is 0.663. The fourth-order valence-corrected chi connectivity index (χ4v) is 1.53. The van der Waals surface area contributed by atoms with Gasteiger partial charge in [0.15, 0.2) is 10.1 Å². The summed E-state index contributed by atoms with van der Waals surface area (Å²) in [7, 11) is 0. The molecule has 0 atom stereocenters. The van der Waals surface area contributed by atoms with Crippen LogP contribution in [-0.4, -0.2) is 23.3 Å². The Labute approximate surface area is 97.0 Å². The Morgan fingerprint density at radius 1 is 0.857 bits per heavy atom. The molecule has 0 aliphatic carbocycles. The molecule has 0 saturated carbocycles. The summed E-state index contributed by atoms with van der Waals surface area (Å²) in [5.74, 6) is 0. The van der Waals surface area contributed by atoms with Gasteiger partial charge >= 0.3 is 0 Å². The van der Waals surface area contributed by atoms with Crippen LogP contribution in [0.1, 0.15) is 39.5 Å². The molecule has 0 aromatic carbocycles. The summed E-state index contributed by atoms with van der Waals surface area (Å²) in [4.78, 5) is 0. The second-order valence-electron chi connectivity index (χ2n) is 2.82. The van der Waals surface area contributed by atoms with Crippen LogP contribution in [0.15, 0.2) is 0 Å². The summed E-state index contributed by atoms with van der Waals surface area (Å²) in [6.07, 6.45) is 3.73. The highest BCUT2D eigenvalue weighted by Crippen LogP contribution is 2.04. The first kappa shape index (κ1) is 13.8. The molecule has 0 aromatic heterocycles. The summed E-state index contributed by atoms with van der Waals surface area (Å²) < 4.78 is 10.3. The third-order valence-electron chi connectivity index (χ3n) is 1.62. The number of unbranched alkanes of at least 4 members (excludes halogenated alkanes) is 1. The van der Waals surface area contributed by atoms with Gasteiger partial charge in [-0.3, -0.25) is 0 Å². The van der Waals surface area contributed by atoms with Crippen LogP contribution in [0.5, 0.6) is 0 Å². The fraction of sp³-hybridized carbons (Fsp3) is 0.800. The molecular weight excluding hydrogens is 216 g/mol. The van der Waals surface area contributed by atoms with Gasteiger partial charge < -0.3 is 9.47 Å². The lowest BCUT2D eigenvalue weighted by Crippen LogP contribution is -2.03. The Morgan fingerprint density at radius 2 is 1.21 bits per heavy atom. The smallest absolute Gasteiger partial charge is 0.159 e. The highest BCUT2D eigenvalue weighted by molar-refractivity contribution is 7.80. The van der Waals surface area contributed by atoms with Gasteiger partial charge in [-0.05, 0) is 51.1 Å². The van der Waals surface area contributed by atoms with E-state index in [1.165, 1.54) is 0 Å². The molecule has 0 radical (unpaired) electrons. The lowest BCUT2D eigenvalue weighted by atomic mass is 10.2. The molecule has 0 amide bonds. The van der Waals surface area contributed by atoms with Gasteiger partial charge in [0.05, 0.1) is 13.2 Å². The minimum Gasteiger partial charge on any atom is -0.487 e. The average molecular weight is 234 g/mol. The van der Waals surface area contributed by atoms with E-state index in [4.69, 9.17) is 33.9 Å². The SMILES string of the molecule is CCOC(=S)CCCCC(=S)OCC. The molecule has 0 aliphatic heterocycles. The van der Waals surface area contributed by atoms with Gasteiger partial charge in [0, 0.05) is 12.8 Å². The van der Waals surface area contributed by atoms with E-state index in [2.05, 4.69) is 0 Å². The van der Waals surface area contributed by atoms with E-state index in [0.29, 0.717) is 23.3 Å². The average Bonchev–Trinajstić information content (AvgIpc) is 2.13. The van der Waals surface area contributed by atoms with Crippen LogP contribution in [0.25, 0.3) is 0 Å². The first-order chi connectivity index (χ1) is 6.70. The molecule has 4 heteroatoms. The van der Waals surface area contributed by atoms with Crippen LogP contribution in [0.4, 0.5) is 0 Å². The number of hydrogen-bond acceptors (Lipinski definition) is 4. The molecule has 0 spiro atoms. The van der Waals surface area contributed by atoms with E-state index in [9.17, 15) is 0 Å². The van der Waals surface area contributed by atoms with Gasteiger partial charge in [0.2, 0.25) is 0 Å². The molecule has 0 fully saturated rings. The van der Waals surface area contributed by atoms with Gasteiger partial charge in [-0.25, -0.2) is 0 Å². The van der Waals surface area contributed by atoms with Gasteiger partial charge in [-0.2, -0.15) is 0 Å². The fourth-order valence-electron chi connectivity index (χ4n) is 1.00. The van der Waals surface area contributed by atoms with E-state index >= 15 is 0 Å². The molecule has 2 nitrogen and oxygen atoms in total. The summed E-state index contributed by atoms with van der Waals surface area (Å²) in [6.45, 7) is 5.21. The lowest BCUT2D eigenvalue weighted by Gasteiger charge is -2.05. The Morgan fingerprint density at radius 3 is 1.50 bits per heavy atom. The van der Waals surface area contributed by atoms with Crippen LogP contribution >= 0.6 is 24.4 Å². The number of thiocarbonyl (C=S) groups is 2. The van der Waals surface area contributed by atoms with Crippen LogP contribution < -0.4 is 0 Å². The summed E-state index contributed by atoms with van der Waals surface area (Å²) in [6, 6.07) is 0. The van der Waals surface area contributed by atoms with Crippen molar-refractivity contribution in [2.75, 3.05) is 13.2 Å². The first-order valence-corrected chi connectivity index (χ1v) is 5.83. The predicted octanol–water partition coefficient (Wildman–Crippen LogP) is 3.27. The van der Waals surface area contributed by atoms with Crippen molar-refractivity contribution in [1.82, 2.24) is 0 Å². The molecule has 0 aromatic rings. The van der Waals surface area contributed by atoms with Gasteiger partial charge in [-0.1, -0.05) is 0 Å². The summed E-state index contributed by atoms with van der Waals surface area (Å²) >= 11 is 9.99. The van der Waals surface area contributed by atoms with Crippen molar-refractivity contribution in [3.8, 4) is 0 Å². The maximum atomic E-state index is 5.16. The molecule has 82 valence electrons. The zero-order valence-electron chi connectivity index (χ0n) is 8.88. The van der Waals surface area contributed by atoms with Crippen molar-refractivity contribution in [3.63, 3.8) is 0 Å². The molecule has 0 unspecified atom stereocenters. The molecule has 14 heavy (non-hydrogen) atoms. The Balaban J connectivity index is 3.28. The zero-order chi connectivity index (χ0) is 10.8. The van der Waals surface area contributed by atoms with Crippen molar-refractivity contribution < 1.29 is 9.47 Å². The van der Waals surface area contributed by atoms with E-state index in [-0.39, 0.29) is 0 Å². The van der Waals surface area contributed by atoms with Crippen LogP contribution in [0.3, 0.4) is 0 Å². The number of hydrogen-bond donors (Lipinski definition) is 0. The first-order valence-electron chi connectivity index (χ1n) is 5.02. The lowest BCUT2D eigenvalue weighted by molar-refractivity contribution is 0.321. The van der Waals surface area contributed by atoms with Crippen LogP contribution in [0, 0.1) is 0 Å². The van der Waals surface area contributed by atoms with Crippen molar-refractivity contribution in [3.05, 3.63) is 0 Å². The number of rotatable bonds is 7. The highest BCUT2D eigenvalue weighted by Gasteiger charge is 1.99. The van der Waals surface area contributed by atoms with Crippen molar-refractivity contribution in [1.29, 1.82) is 0 Å². The molecular formula is C10H18O2S2. The van der Waals surface area contributed by atoms with Crippen molar-refractivity contribution >= 4 is 34.5 Å². The second-order valence-corrected chi connectivity index (χ2v) is 3.73. The topological polar surface area (TPSA) is 18.5 Å². The van der Waals surface area contributed by atoms with Gasteiger partial charge in [0.25, 0.3) is 0 Å². The van der Waals surface area contributed by atoms with Gasteiger partial charge in [0.1, 0.15) is 0 Å². The summed E-state index contributed by atoms with van der Waals surface area (Å²) in [5.41, 5.74) is 0. The normalized spacial score (nSPS) is 9.57. The maximum absolute atomic E-state index is 5.16. The minimum absolute atomic E-state index is 0.663. The molecule has 0 N–H and O–H groups in total. The molecule has 0 rings (SSSR count). The molecule has 0 bridgehead atoms. The molecule has 0 saturated heterocycles. The Kier molecular flexibility index (Phi) is 9.19. The van der Waals surface area contributed by atoms with E-state index in [0.717, 1.165) is 25.7 Å². The Bertz CT molecular complexity index is 161. The quantitative estimate of drug-likeness (QED) is 0.497. The number of ether oxygens (including phenoxy) is 2. The van der Waals surface area contributed by atoms with E-state index in [1.54, 1.807) is 0 Å². The van der Waals surface area contributed by atoms with E-state index in [1.807, 2.05) is 13.8 Å². The van der Waals surface area contributed by atoms with E-state index < -0.39 is 0 Å². The Hall–Kier alpha value is -0.220. The van der Waals surface area contributed by atoms with Crippen molar-refractivity contribution in [2.24, 2.45) is 0 Å². The third-order valence-corrected chi connectivity index (χ3v) is 2.27. The molecule has 0 heterocycles. The largest absolute Gasteiger partial charge is 0.487 e. The monoisotopic (exact) mass is 234 g/mol.